The highest BCUT2D eigenvalue weighted by molar-refractivity contribution is 7.89. The summed E-state index contributed by atoms with van der Waals surface area (Å²) in [7, 11) is -1.55. The van der Waals surface area contributed by atoms with Crippen LogP contribution in [0.2, 0.25) is 0 Å². The lowest BCUT2D eigenvalue weighted by Gasteiger charge is -2.16. The molecule has 2 aromatic heterocycles. The van der Waals surface area contributed by atoms with Gasteiger partial charge in [-0.05, 0) is 30.2 Å². The quantitative estimate of drug-likeness (QED) is 0.732. The predicted octanol–water partition coefficient (Wildman–Crippen LogP) is 2.30. The van der Waals surface area contributed by atoms with Crippen LogP contribution in [-0.4, -0.2) is 35.8 Å². The zero-order valence-electron chi connectivity index (χ0n) is 17.1. The minimum absolute atomic E-state index is 0.00534. The Hall–Kier alpha value is -2.22. The van der Waals surface area contributed by atoms with Crippen LogP contribution in [0.5, 0.6) is 5.75 Å². The molecule has 0 saturated carbocycles. The first kappa shape index (κ1) is 20.5. The molecule has 1 aliphatic rings. The molecule has 2 aromatic rings. The molecule has 0 amide bonds. The molecule has 0 N–H and O–H groups in total. The second kappa shape index (κ2) is 7.31. The Morgan fingerprint density at radius 3 is 2.57 bits per heavy atom. The lowest BCUT2D eigenvalue weighted by atomic mass is 9.90. The van der Waals surface area contributed by atoms with E-state index in [0.717, 1.165) is 35.8 Å². The Labute approximate surface area is 165 Å². The maximum absolute atomic E-state index is 12.7. The topological polar surface area (TPSA) is 91.2 Å². The van der Waals surface area contributed by atoms with E-state index in [-0.39, 0.29) is 22.6 Å². The number of ether oxygens (including phenoxy) is 1. The number of aromatic nitrogens is 3. The molecule has 0 fully saturated rings. The van der Waals surface area contributed by atoms with Crippen LogP contribution < -0.4 is 10.3 Å². The average molecular weight is 406 g/mol. The van der Waals surface area contributed by atoms with Crippen LogP contribution in [0.15, 0.2) is 17.2 Å². The molecule has 1 aliphatic carbocycles. The third-order valence-corrected chi connectivity index (χ3v) is 5.60. The van der Waals surface area contributed by atoms with Crippen molar-refractivity contribution in [1.29, 1.82) is 0 Å². The van der Waals surface area contributed by atoms with E-state index in [1.165, 1.54) is 6.20 Å². The fourth-order valence-electron chi connectivity index (χ4n) is 3.66. The lowest BCUT2D eigenvalue weighted by molar-refractivity contribution is 0.316. The van der Waals surface area contributed by atoms with Gasteiger partial charge < -0.3 is 9.30 Å². The predicted molar refractivity (Wildman–Crippen MR) is 108 cm³/mol. The summed E-state index contributed by atoms with van der Waals surface area (Å²) in [5.74, 6) is 0.485. The largest absolute Gasteiger partial charge is 0.490 e. The number of rotatable bonds is 6. The highest BCUT2D eigenvalue weighted by Gasteiger charge is 2.34. The zero-order chi connectivity index (χ0) is 20.7. The van der Waals surface area contributed by atoms with Crippen LogP contribution in [0.1, 0.15) is 44.1 Å². The van der Waals surface area contributed by atoms with Crippen LogP contribution in [0.3, 0.4) is 0 Å². The van der Waals surface area contributed by atoms with Gasteiger partial charge in [-0.15, -0.1) is 0 Å². The molecule has 0 radical (unpaired) electrons. The second-order valence-corrected chi connectivity index (χ2v) is 10.5. The summed E-state index contributed by atoms with van der Waals surface area (Å²) in [6.45, 7) is 6.78. The van der Waals surface area contributed by atoms with Crippen LogP contribution in [-0.2, 0) is 35.5 Å². The molecule has 0 saturated heterocycles. The first-order valence-corrected chi connectivity index (χ1v) is 11.4. The van der Waals surface area contributed by atoms with E-state index in [0.29, 0.717) is 24.5 Å². The number of hydrogen-bond acceptors (Lipinski definition) is 6. The Balaban J connectivity index is 2.22. The minimum Gasteiger partial charge on any atom is -0.490 e. The van der Waals surface area contributed by atoms with Gasteiger partial charge in [-0.25, -0.2) is 18.4 Å². The van der Waals surface area contributed by atoms with Crippen LogP contribution >= 0.6 is 0 Å². The van der Waals surface area contributed by atoms with Gasteiger partial charge in [0, 0.05) is 30.6 Å². The van der Waals surface area contributed by atoms with Crippen LogP contribution in [0.25, 0.3) is 11.3 Å². The molecule has 0 spiro atoms. The first-order valence-electron chi connectivity index (χ1n) is 9.39. The van der Waals surface area contributed by atoms with Crippen molar-refractivity contribution in [2.75, 3.05) is 12.9 Å². The van der Waals surface area contributed by atoms with Gasteiger partial charge >= 0.3 is 0 Å². The van der Waals surface area contributed by atoms with Gasteiger partial charge in [-0.1, -0.05) is 20.8 Å². The van der Waals surface area contributed by atoms with Crippen molar-refractivity contribution in [3.63, 3.8) is 0 Å². The Morgan fingerprint density at radius 2 is 1.93 bits per heavy atom. The maximum Gasteiger partial charge on any atom is 0.253 e. The van der Waals surface area contributed by atoms with E-state index in [1.54, 1.807) is 17.8 Å². The van der Waals surface area contributed by atoms with Crippen molar-refractivity contribution in [3.05, 3.63) is 39.7 Å². The van der Waals surface area contributed by atoms with Gasteiger partial charge in [0.2, 0.25) is 0 Å². The van der Waals surface area contributed by atoms with Crippen LogP contribution in [0, 0.1) is 5.41 Å². The molecule has 28 heavy (non-hydrogen) atoms. The van der Waals surface area contributed by atoms with Gasteiger partial charge in [0.15, 0.2) is 15.6 Å². The smallest absolute Gasteiger partial charge is 0.253 e. The minimum atomic E-state index is -3.27. The van der Waals surface area contributed by atoms with E-state index in [2.05, 4.69) is 23.8 Å². The molecule has 2 heterocycles. The van der Waals surface area contributed by atoms with E-state index in [1.807, 2.05) is 6.92 Å². The Kier molecular flexibility index (Phi) is 5.36. The third kappa shape index (κ3) is 4.27. The summed E-state index contributed by atoms with van der Waals surface area (Å²) < 4.78 is 30.9. The molecule has 3 rings (SSSR count). The number of pyridine rings is 1. The molecular weight excluding hydrogens is 378 g/mol. The van der Waals surface area contributed by atoms with E-state index >= 15 is 0 Å². The summed E-state index contributed by atoms with van der Waals surface area (Å²) in [4.78, 5) is 21.4. The van der Waals surface area contributed by atoms with E-state index in [9.17, 15) is 13.2 Å². The van der Waals surface area contributed by atoms with E-state index in [4.69, 9.17) is 4.74 Å². The summed E-state index contributed by atoms with van der Waals surface area (Å²) in [6, 6.07) is 0. The Morgan fingerprint density at radius 1 is 1.25 bits per heavy atom. The maximum atomic E-state index is 12.7. The Bertz CT molecular complexity index is 1070. The zero-order valence-corrected chi connectivity index (χ0v) is 17.9. The van der Waals surface area contributed by atoms with Gasteiger partial charge in [-0.2, -0.15) is 0 Å². The SMILES string of the molecule is CCCOc1cnc(CS(C)(=O)=O)nc1-c1cn(C)c(=O)c2c1CC(C)(C)C2. The first-order chi connectivity index (χ1) is 13.0. The lowest BCUT2D eigenvalue weighted by Crippen LogP contribution is -2.22. The molecular formula is C20H27N3O4S. The fourth-order valence-corrected chi connectivity index (χ4v) is 4.27. The van der Waals surface area contributed by atoms with Crippen molar-refractivity contribution in [2.24, 2.45) is 12.5 Å². The van der Waals surface area contributed by atoms with Crippen molar-refractivity contribution >= 4 is 9.84 Å². The van der Waals surface area contributed by atoms with Gasteiger partial charge in [-0.3, -0.25) is 4.79 Å². The van der Waals surface area contributed by atoms with Crippen molar-refractivity contribution in [1.82, 2.24) is 14.5 Å². The van der Waals surface area contributed by atoms with Gasteiger partial charge in [0.05, 0.1) is 12.8 Å². The summed E-state index contributed by atoms with van der Waals surface area (Å²) in [5, 5.41) is 0. The monoisotopic (exact) mass is 405 g/mol. The highest BCUT2D eigenvalue weighted by Crippen LogP contribution is 2.41. The molecule has 152 valence electrons. The average Bonchev–Trinajstić information content (AvgIpc) is 2.91. The normalized spacial score (nSPS) is 15.5. The van der Waals surface area contributed by atoms with Crippen molar-refractivity contribution in [2.45, 2.75) is 45.8 Å². The summed E-state index contributed by atoms with van der Waals surface area (Å²) in [6.07, 6.45) is 6.75. The fraction of sp³-hybridized carbons (Fsp3) is 0.550. The molecule has 0 atom stereocenters. The van der Waals surface area contributed by atoms with Crippen molar-refractivity contribution in [3.8, 4) is 17.0 Å². The molecule has 0 bridgehead atoms. The molecule has 0 aliphatic heterocycles. The van der Waals surface area contributed by atoms with Crippen molar-refractivity contribution < 1.29 is 13.2 Å². The number of hydrogen-bond donors (Lipinski definition) is 0. The summed E-state index contributed by atoms with van der Waals surface area (Å²) in [5.41, 5.74) is 3.12. The van der Waals surface area contributed by atoms with Crippen LogP contribution in [0.4, 0.5) is 0 Å². The molecule has 7 nitrogen and oxygen atoms in total. The summed E-state index contributed by atoms with van der Waals surface area (Å²) >= 11 is 0. The highest BCUT2D eigenvalue weighted by atomic mass is 32.2. The third-order valence-electron chi connectivity index (χ3n) is 4.81. The van der Waals surface area contributed by atoms with Gasteiger partial charge in [0.25, 0.3) is 5.56 Å². The van der Waals surface area contributed by atoms with Gasteiger partial charge in [0.1, 0.15) is 17.3 Å². The number of fused-ring (bicyclic) bond motifs is 1. The van der Waals surface area contributed by atoms with E-state index < -0.39 is 9.84 Å². The molecule has 0 aromatic carbocycles. The number of aryl methyl sites for hydroxylation is 1. The number of sulfone groups is 1. The number of nitrogens with zero attached hydrogens (tertiary/aromatic N) is 3. The molecule has 0 unspecified atom stereocenters. The second-order valence-electron chi connectivity index (χ2n) is 8.35. The molecule has 8 heteroatoms. The standard InChI is InChI=1S/C20H27N3O4S/c1-6-7-27-16-10-21-17(12-28(5,25)26)22-18(16)15-11-23(4)19(24)14-9-20(2,3)8-13(14)15/h10-11H,6-9,12H2,1-5H3.